The molecule has 2 aromatic rings. The van der Waals surface area contributed by atoms with Crippen LogP contribution in [-0.2, 0) is 9.59 Å². The maximum absolute atomic E-state index is 12.2. The summed E-state index contributed by atoms with van der Waals surface area (Å²) in [6, 6.07) is 15.1. The first-order valence-electron chi connectivity index (χ1n) is 11.0. The van der Waals surface area contributed by atoms with E-state index in [4.69, 9.17) is 9.47 Å². The summed E-state index contributed by atoms with van der Waals surface area (Å²) in [4.78, 5) is 29.0. The van der Waals surface area contributed by atoms with E-state index in [0.29, 0.717) is 24.6 Å². The van der Waals surface area contributed by atoms with Crippen LogP contribution in [0.25, 0.3) is 0 Å². The van der Waals surface area contributed by atoms with Crippen molar-refractivity contribution in [2.24, 2.45) is 0 Å². The number of methoxy groups -OCH3 is 1. The van der Waals surface area contributed by atoms with Gasteiger partial charge in [0.05, 0.1) is 25.1 Å². The molecule has 2 aromatic carbocycles. The molecule has 0 spiro atoms. The Hall–Kier alpha value is -3.26. The largest absolute Gasteiger partial charge is 0.495 e. The summed E-state index contributed by atoms with van der Waals surface area (Å²) in [5.74, 6) is 0.106. The third-order valence-electron chi connectivity index (χ3n) is 5.38. The zero-order chi connectivity index (χ0) is 22.8. The van der Waals surface area contributed by atoms with Crippen LogP contribution >= 0.6 is 0 Å². The molecule has 8 heteroatoms. The molecule has 0 aliphatic carbocycles. The molecule has 0 saturated carbocycles. The summed E-state index contributed by atoms with van der Waals surface area (Å²) >= 11 is 0. The maximum atomic E-state index is 12.2. The minimum absolute atomic E-state index is 0.450. The molecule has 172 valence electrons. The number of amides is 2. The van der Waals surface area contributed by atoms with Crippen LogP contribution in [0.15, 0.2) is 48.5 Å². The van der Waals surface area contributed by atoms with Gasteiger partial charge < -0.3 is 25.0 Å². The average Bonchev–Trinajstić information content (AvgIpc) is 2.83. The first-order chi connectivity index (χ1) is 15.6. The molecule has 1 aliphatic heterocycles. The number of hydrogen-bond donors (Lipinski definition) is 2. The monoisotopic (exact) mass is 440 g/mol. The molecule has 0 atom stereocenters. The summed E-state index contributed by atoms with van der Waals surface area (Å²) in [6.45, 7) is 7.40. The molecule has 0 radical (unpaired) electrons. The molecule has 2 N–H and O–H groups in total. The van der Waals surface area contributed by atoms with E-state index < -0.39 is 11.8 Å². The lowest BCUT2D eigenvalue weighted by atomic mass is 10.2. The maximum Gasteiger partial charge on any atom is 0.313 e. The van der Waals surface area contributed by atoms with Crippen molar-refractivity contribution in [1.82, 2.24) is 10.2 Å². The molecule has 3 rings (SSSR count). The number of para-hydroxylation sites is 4. The van der Waals surface area contributed by atoms with Gasteiger partial charge in [-0.25, -0.2) is 0 Å². The topological polar surface area (TPSA) is 83.1 Å². The van der Waals surface area contributed by atoms with Crippen molar-refractivity contribution in [3.63, 3.8) is 0 Å². The van der Waals surface area contributed by atoms with Crippen LogP contribution in [0.2, 0.25) is 0 Å². The highest BCUT2D eigenvalue weighted by atomic mass is 16.5. The highest BCUT2D eigenvalue weighted by molar-refractivity contribution is 6.39. The van der Waals surface area contributed by atoms with Gasteiger partial charge in [0.1, 0.15) is 11.5 Å². The van der Waals surface area contributed by atoms with Crippen molar-refractivity contribution in [2.45, 2.75) is 13.3 Å². The Morgan fingerprint density at radius 1 is 0.938 bits per heavy atom. The van der Waals surface area contributed by atoms with Crippen molar-refractivity contribution in [3.05, 3.63) is 48.5 Å². The lowest BCUT2D eigenvalue weighted by Crippen LogP contribution is -2.47. The number of nitrogens with zero attached hydrogens (tertiary/aromatic N) is 2. The van der Waals surface area contributed by atoms with E-state index in [1.807, 2.05) is 31.2 Å². The molecule has 1 aliphatic rings. The van der Waals surface area contributed by atoms with E-state index in [2.05, 4.69) is 26.5 Å². The molecule has 32 heavy (non-hydrogen) atoms. The number of piperazine rings is 1. The number of carbonyl (C=O) groups is 2. The van der Waals surface area contributed by atoms with Gasteiger partial charge in [-0.3, -0.25) is 14.5 Å². The second-order valence-electron chi connectivity index (χ2n) is 7.49. The van der Waals surface area contributed by atoms with Crippen LogP contribution in [-0.4, -0.2) is 69.7 Å². The smallest absolute Gasteiger partial charge is 0.313 e. The normalized spacial score (nSPS) is 14.0. The average molecular weight is 441 g/mol. The minimum atomic E-state index is -0.692. The van der Waals surface area contributed by atoms with Gasteiger partial charge in [0.15, 0.2) is 0 Å². The second kappa shape index (κ2) is 12.0. The Labute approximate surface area is 189 Å². The number of anilines is 2. The van der Waals surface area contributed by atoms with Crippen LogP contribution in [0.5, 0.6) is 11.5 Å². The summed E-state index contributed by atoms with van der Waals surface area (Å²) in [7, 11) is 1.70. The lowest BCUT2D eigenvalue weighted by molar-refractivity contribution is -0.136. The minimum Gasteiger partial charge on any atom is -0.495 e. The van der Waals surface area contributed by atoms with Crippen LogP contribution < -0.4 is 25.0 Å². The van der Waals surface area contributed by atoms with Gasteiger partial charge in [-0.1, -0.05) is 24.3 Å². The van der Waals surface area contributed by atoms with Gasteiger partial charge >= 0.3 is 11.8 Å². The molecule has 1 heterocycles. The second-order valence-corrected chi connectivity index (χ2v) is 7.49. The number of benzene rings is 2. The Morgan fingerprint density at radius 2 is 1.62 bits per heavy atom. The van der Waals surface area contributed by atoms with Crippen molar-refractivity contribution in [2.75, 3.05) is 63.2 Å². The Balaban J connectivity index is 1.36. The molecular formula is C24H32N4O4. The third kappa shape index (κ3) is 6.37. The molecule has 1 fully saturated rings. The number of carbonyl (C=O) groups excluding carboxylic acids is 2. The molecular weight excluding hydrogens is 408 g/mol. The van der Waals surface area contributed by atoms with Crippen LogP contribution in [0.3, 0.4) is 0 Å². The summed E-state index contributed by atoms with van der Waals surface area (Å²) in [5.41, 5.74) is 1.61. The zero-order valence-corrected chi connectivity index (χ0v) is 18.8. The fourth-order valence-electron chi connectivity index (χ4n) is 3.72. The highest BCUT2D eigenvalue weighted by Gasteiger charge is 2.20. The van der Waals surface area contributed by atoms with Gasteiger partial charge in [-0.15, -0.1) is 0 Å². The highest BCUT2D eigenvalue weighted by Crippen LogP contribution is 2.28. The zero-order valence-electron chi connectivity index (χ0n) is 18.8. The lowest BCUT2D eigenvalue weighted by Gasteiger charge is -2.36. The van der Waals surface area contributed by atoms with E-state index in [-0.39, 0.29) is 0 Å². The Bertz CT molecular complexity index is 897. The SMILES string of the molecule is CCOc1ccccc1NC(=O)C(=O)NCCCN1CCN(c2ccccc2OC)CC1. The predicted molar refractivity (Wildman–Crippen MR) is 126 cm³/mol. The standard InChI is InChI=1S/C24H32N4O4/c1-3-32-21-11-6-4-9-19(21)26-24(30)23(29)25-13-8-14-27-15-17-28(18-16-27)20-10-5-7-12-22(20)31-2/h4-7,9-12H,3,8,13-18H2,1-2H3,(H,25,29)(H,26,30). The van der Waals surface area contributed by atoms with Crippen LogP contribution in [0.1, 0.15) is 13.3 Å². The number of hydrogen-bond acceptors (Lipinski definition) is 6. The van der Waals surface area contributed by atoms with Crippen molar-refractivity contribution < 1.29 is 19.1 Å². The van der Waals surface area contributed by atoms with E-state index in [0.717, 1.165) is 50.6 Å². The summed E-state index contributed by atoms with van der Waals surface area (Å²) in [5, 5.41) is 5.31. The summed E-state index contributed by atoms with van der Waals surface area (Å²) in [6.07, 6.45) is 0.781. The molecule has 0 unspecified atom stereocenters. The Morgan fingerprint density at radius 3 is 2.34 bits per heavy atom. The number of nitrogens with one attached hydrogen (secondary N) is 2. The van der Waals surface area contributed by atoms with Crippen LogP contribution in [0, 0.1) is 0 Å². The van der Waals surface area contributed by atoms with Crippen LogP contribution in [0.4, 0.5) is 11.4 Å². The fourth-order valence-corrected chi connectivity index (χ4v) is 3.72. The van der Waals surface area contributed by atoms with E-state index in [1.165, 1.54) is 0 Å². The fraction of sp³-hybridized carbons (Fsp3) is 0.417. The predicted octanol–water partition coefficient (Wildman–Crippen LogP) is 2.36. The van der Waals surface area contributed by atoms with Gasteiger partial charge in [-0.2, -0.15) is 0 Å². The number of rotatable bonds is 9. The van der Waals surface area contributed by atoms with Crippen molar-refractivity contribution in [1.29, 1.82) is 0 Å². The Kier molecular flexibility index (Phi) is 8.74. The quantitative estimate of drug-likeness (QED) is 0.460. The van der Waals surface area contributed by atoms with Gasteiger partial charge in [0.2, 0.25) is 0 Å². The van der Waals surface area contributed by atoms with E-state index >= 15 is 0 Å². The van der Waals surface area contributed by atoms with E-state index in [1.54, 1.807) is 25.3 Å². The van der Waals surface area contributed by atoms with Crippen molar-refractivity contribution >= 4 is 23.2 Å². The molecule has 0 bridgehead atoms. The van der Waals surface area contributed by atoms with Crippen molar-refractivity contribution in [3.8, 4) is 11.5 Å². The van der Waals surface area contributed by atoms with Gasteiger partial charge in [0.25, 0.3) is 0 Å². The summed E-state index contributed by atoms with van der Waals surface area (Å²) < 4.78 is 10.9. The molecule has 0 aromatic heterocycles. The first kappa shape index (κ1) is 23.4. The molecule has 1 saturated heterocycles. The van der Waals surface area contributed by atoms with Gasteiger partial charge in [-0.05, 0) is 44.2 Å². The first-order valence-corrected chi connectivity index (χ1v) is 11.0. The molecule has 2 amide bonds. The third-order valence-corrected chi connectivity index (χ3v) is 5.38. The van der Waals surface area contributed by atoms with Gasteiger partial charge in [0, 0.05) is 32.7 Å². The number of ether oxygens (including phenoxy) is 2. The molecule has 8 nitrogen and oxygen atoms in total. The van der Waals surface area contributed by atoms with E-state index in [9.17, 15) is 9.59 Å².